The van der Waals surface area contributed by atoms with Gasteiger partial charge in [0, 0.05) is 49.5 Å². The Morgan fingerprint density at radius 2 is 1.41 bits per heavy atom. The van der Waals surface area contributed by atoms with Crippen molar-refractivity contribution in [3.8, 4) is 17.2 Å². The van der Waals surface area contributed by atoms with Crippen LogP contribution in [0.15, 0.2) is 35.9 Å². The maximum atomic E-state index is 13.2. The molecule has 15 heteroatoms. The van der Waals surface area contributed by atoms with Crippen molar-refractivity contribution >= 4 is 34.5 Å². The molecule has 1 aromatic rings. The van der Waals surface area contributed by atoms with E-state index in [1.165, 1.54) is 6.07 Å². The zero-order valence-electron chi connectivity index (χ0n) is 28.9. The molecule has 0 unspecified atom stereocenters. The number of nitrogens with one attached hydrogen (secondary N) is 2. The van der Waals surface area contributed by atoms with Gasteiger partial charge < -0.3 is 39.1 Å². The molecular formula is C34H49N2O12S-. The van der Waals surface area contributed by atoms with Gasteiger partial charge >= 0.3 is 24.1 Å². The van der Waals surface area contributed by atoms with Crippen LogP contribution >= 0.6 is 0 Å². The van der Waals surface area contributed by atoms with E-state index in [2.05, 4.69) is 17.2 Å². The summed E-state index contributed by atoms with van der Waals surface area (Å²) in [5.74, 6) is -4.67. The molecule has 274 valence electrons. The van der Waals surface area contributed by atoms with Gasteiger partial charge in [-0.2, -0.15) is 0 Å². The summed E-state index contributed by atoms with van der Waals surface area (Å²) in [5, 5.41) is 23.6. The minimum atomic E-state index is -5.39. The molecule has 14 nitrogen and oxygen atoms in total. The van der Waals surface area contributed by atoms with E-state index in [4.69, 9.17) is 13.7 Å². The third kappa shape index (κ3) is 14.9. The van der Waals surface area contributed by atoms with Crippen LogP contribution < -0.4 is 24.3 Å². The quantitative estimate of drug-likeness (QED) is 0.0785. The monoisotopic (exact) mass is 709 g/mol. The second kappa shape index (κ2) is 18.6. The Hall–Kier alpha value is -4.11. The molecule has 1 aromatic carbocycles. The summed E-state index contributed by atoms with van der Waals surface area (Å²) >= 11 is 0. The molecular weight excluding hydrogens is 660 g/mol. The smallest absolute Gasteiger partial charge is 0.412 e. The molecule has 2 amide bonds. The summed E-state index contributed by atoms with van der Waals surface area (Å²) in [4.78, 5) is 48.7. The van der Waals surface area contributed by atoms with Crippen LogP contribution in [0.5, 0.6) is 17.2 Å². The van der Waals surface area contributed by atoms with Crippen molar-refractivity contribution in [2.45, 2.75) is 86.0 Å². The molecule has 0 heterocycles. The van der Waals surface area contributed by atoms with Crippen LogP contribution in [0.1, 0.15) is 91.5 Å². The summed E-state index contributed by atoms with van der Waals surface area (Å²) in [6.07, 6.45) is 1.76. The first kappa shape index (κ1) is 41.1. The number of hydrogen-bond donors (Lipinski definition) is 4. The van der Waals surface area contributed by atoms with E-state index in [0.29, 0.717) is 25.7 Å². The van der Waals surface area contributed by atoms with Crippen LogP contribution in [0.25, 0.3) is 0 Å². The van der Waals surface area contributed by atoms with Gasteiger partial charge in [-0.25, -0.2) is 18.0 Å². The van der Waals surface area contributed by atoms with Crippen molar-refractivity contribution in [1.82, 2.24) is 10.6 Å². The number of allylic oxidation sites excluding steroid dienone is 3. The Morgan fingerprint density at radius 3 is 1.86 bits per heavy atom. The lowest BCUT2D eigenvalue weighted by Gasteiger charge is -2.32. The second-order valence-corrected chi connectivity index (χ2v) is 14.6. The van der Waals surface area contributed by atoms with E-state index in [1.54, 1.807) is 6.92 Å². The van der Waals surface area contributed by atoms with E-state index in [-0.39, 0.29) is 60.7 Å². The van der Waals surface area contributed by atoms with Gasteiger partial charge in [0.1, 0.15) is 11.5 Å². The largest absolute Gasteiger partial charge is 0.716 e. The van der Waals surface area contributed by atoms with Gasteiger partial charge in [0.2, 0.25) is 0 Å². The summed E-state index contributed by atoms with van der Waals surface area (Å²) in [6.45, 7) is 15.3. The first-order valence-corrected chi connectivity index (χ1v) is 17.6. The molecule has 0 saturated carbocycles. The van der Waals surface area contributed by atoms with Crippen molar-refractivity contribution in [2.75, 3.05) is 13.1 Å². The lowest BCUT2D eigenvalue weighted by Crippen LogP contribution is -2.34. The first-order chi connectivity index (χ1) is 22.7. The molecule has 4 atom stereocenters. The van der Waals surface area contributed by atoms with Crippen molar-refractivity contribution in [3.63, 3.8) is 0 Å². The lowest BCUT2D eigenvalue weighted by atomic mass is 9.74. The van der Waals surface area contributed by atoms with Gasteiger partial charge in [0.15, 0.2) is 5.75 Å². The van der Waals surface area contributed by atoms with Crippen LogP contribution in [-0.2, 0) is 20.0 Å². The molecule has 2 rings (SSSR count). The third-order valence-electron chi connectivity index (χ3n) is 8.00. The number of carbonyl (C=O) groups excluding carboxylic acids is 2. The fourth-order valence-electron chi connectivity index (χ4n) is 6.17. The van der Waals surface area contributed by atoms with Crippen LogP contribution in [0.3, 0.4) is 0 Å². The zero-order chi connectivity index (χ0) is 37.1. The highest BCUT2D eigenvalue weighted by molar-refractivity contribution is 7.81. The molecule has 1 aliphatic carbocycles. The number of amides is 2. The van der Waals surface area contributed by atoms with Gasteiger partial charge in [-0.05, 0) is 69.1 Å². The molecule has 0 bridgehead atoms. The number of ether oxygens (including phenoxy) is 2. The number of aliphatic carboxylic acids is 2. The van der Waals surface area contributed by atoms with Crippen LogP contribution in [0, 0.1) is 29.6 Å². The fraction of sp³-hybridized carbons (Fsp3) is 0.588. The number of benzene rings is 1. The van der Waals surface area contributed by atoms with E-state index < -0.39 is 58.0 Å². The Bertz CT molecular complexity index is 1500. The van der Waals surface area contributed by atoms with Crippen LogP contribution in [0.2, 0.25) is 0 Å². The SMILES string of the molecule is C=C(C)[C@@H]1CCC(C)=C[C@H]1c1c(OC(=O)NC[C@H](CC(=O)O)CC(C)C)cc(OC(=O)NC[C@H](CC(=O)O)CC(C)C)cc1OS(=O)(=O)[O-]. The molecule has 1 aliphatic rings. The molecule has 0 spiro atoms. The summed E-state index contributed by atoms with van der Waals surface area (Å²) in [5.41, 5.74) is 1.70. The summed E-state index contributed by atoms with van der Waals surface area (Å²) < 4.78 is 51.8. The molecule has 0 radical (unpaired) electrons. The zero-order valence-corrected chi connectivity index (χ0v) is 29.8. The van der Waals surface area contributed by atoms with Gasteiger partial charge in [-0.15, -0.1) is 0 Å². The molecule has 0 aliphatic heterocycles. The summed E-state index contributed by atoms with van der Waals surface area (Å²) in [6, 6.07) is 2.20. The number of carboxylic acids is 2. The van der Waals surface area contributed by atoms with E-state index in [9.17, 15) is 42.4 Å². The molecule has 4 N–H and O–H groups in total. The van der Waals surface area contributed by atoms with Crippen molar-refractivity contribution < 1.29 is 56.0 Å². The second-order valence-electron chi connectivity index (χ2n) is 13.6. The first-order valence-electron chi connectivity index (χ1n) is 16.2. The molecule has 0 saturated heterocycles. The Kier molecular flexibility index (Phi) is 15.6. The van der Waals surface area contributed by atoms with Crippen molar-refractivity contribution in [1.29, 1.82) is 0 Å². The molecule has 0 fully saturated rings. The lowest BCUT2D eigenvalue weighted by molar-refractivity contribution is -0.139. The highest BCUT2D eigenvalue weighted by Gasteiger charge is 2.33. The molecule has 49 heavy (non-hydrogen) atoms. The molecule has 0 aromatic heterocycles. The standard InChI is InChI=1S/C34H50N2O12S/c1-19(2)10-23(13-30(37)38)17-35-33(41)46-25-15-28(47-34(42)36-18-24(11-20(3)4)14-31(39)40)32(29(16-25)48-49(43,44)45)27-12-22(7)8-9-26(27)21(5)6/h12,15-16,19-20,23-24,26-27H,5,8-11,13-14,17-18H2,1-4,6-7H3,(H,35,41)(H,36,42)(H,37,38)(H,39,40)(H,43,44,45)/p-1/t23-,24-,26-,27+/m0/s1. The Labute approximate surface area is 288 Å². The van der Waals surface area contributed by atoms with Gasteiger partial charge in [-0.3, -0.25) is 9.59 Å². The number of carboxylic acid groups (broad SMARTS) is 2. The normalized spacial score (nSPS) is 17.4. The third-order valence-corrected chi connectivity index (χ3v) is 8.39. The Morgan fingerprint density at radius 1 is 0.918 bits per heavy atom. The maximum Gasteiger partial charge on any atom is 0.412 e. The predicted molar refractivity (Wildman–Crippen MR) is 179 cm³/mol. The minimum Gasteiger partial charge on any atom is -0.716 e. The average molecular weight is 710 g/mol. The highest BCUT2D eigenvalue weighted by Crippen LogP contribution is 2.48. The highest BCUT2D eigenvalue weighted by atomic mass is 32.3. The van der Waals surface area contributed by atoms with Gasteiger partial charge in [0.05, 0.1) is 0 Å². The number of rotatable bonds is 18. The van der Waals surface area contributed by atoms with Crippen molar-refractivity contribution in [3.05, 3.63) is 41.5 Å². The van der Waals surface area contributed by atoms with Crippen LogP contribution in [-0.4, -0.2) is 60.4 Å². The fourth-order valence-corrected chi connectivity index (χ4v) is 6.53. The number of carbonyl (C=O) groups is 4. The maximum absolute atomic E-state index is 13.2. The van der Waals surface area contributed by atoms with Gasteiger partial charge in [0.25, 0.3) is 10.4 Å². The number of hydrogen-bond acceptors (Lipinski definition) is 10. The van der Waals surface area contributed by atoms with Crippen LogP contribution in [0.4, 0.5) is 9.59 Å². The predicted octanol–water partition coefficient (Wildman–Crippen LogP) is 5.99. The topological polar surface area (TPSA) is 218 Å². The van der Waals surface area contributed by atoms with Gasteiger partial charge in [-0.1, -0.05) is 51.5 Å². The minimum absolute atomic E-state index is 0.0251. The Balaban J connectivity index is 2.57. The van der Waals surface area contributed by atoms with E-state index in [0.717, 1.165) is 17.2 Å². The average Bonchev–Trinajstić information content (AvgIpc) is 2.92. The van der Waals surface area contributed by atoms with E-state index in [1.807, 2.05) is 40.7 Å². The summed E-state index contributed by atoms with van der Waals surface area (Å²) in [7, 11) is -5.39. The van der Waals surface area contributed by atoms with E-state index >= 15 is 0 Å². The van der Waals surface area contributed by atoms with Crippen molar-refractivity contribution in [2.24, 2.45) is 29.6 Å².